The SMILES string of the molecule is CC(C)NCC(O)COc1ccc(OCCOc2cccnc2)cc1.O=C(O)/C=C\C(=O)O. The molecule has 0 amide bonds. The van der Waals surface area contributed by atoms with Crippen LogP contribution in [0.15, 0.2) is 60.9 Å². The number of aliphatic hydroxyl groups excluding tert-OH is 1. The smallest absolute Gasteiger partial charge is 0.328 e. The number of hydrogen-bond acceptors (Lipinski definition) is 8. The van der Waals surface area contributed by atoms with E-state index in [1.165, 1.54) is 0 Å². The summed E-state index contributed by atoms with van der Waals surface area (Å²) in [5.41, 5.74) is 0. The van der Waals surface area contributed by atoms with Crippen molar-refractivity contribution in [2.45, 2.75) is 26.0 Å². The Morgan fingerprint density at radius 2 is 1.48 bits per heavy atom. The lowest BCUT2D eigenvalue weighted by Gasteiger charge is -2.15. The molecule has 2 aromatic rings. The maximum Gasteiger partial charge on any atom is 0.328 e. The number of ether oxygens (including phenoxy) is 3. The molecule has 180 valence electrons. The van der Waals surface area contributed by atoms with Gasteiger partial charge >= 0.3 is 11.9 Å². The molecule has 33 heavy (non-hydrogen) atoms. The molecule has 0 aliphatic rings. The van der Waals surface area contributed by atoms with E-state index in [0.29, 0.717) is 43.7 Å². The molecule has 1 aromatic heterocycles. The Hall–Kier alpha value is -3.63. The van der Waals surface area contributed by atoms with E-state index in [1.807, 2.05) is 50.2 Å². The normalized spacial score (nSPS) is 11.4. The van der Waals surface area contributed by atoms with Gasteiger partial charge in [0.1, 0.15) is 43.2 Å². The average Bonchev–Trinajstić information content (AvgIpc) is 2.79. The van der Waals surface area contributed by atoms with Crippen LogP contribution >= 0.6 is 0 Å². The number of carbonyl (C=O) groups is 2. The fourth-order valence-corrected chi connectivity index (χ4v) is 2.15. The number of carboxylic acids is 2. The van der Waals surface area contributed by atoms with E-state index in [4.69, 9.17) is 24.4 Å². The highest BCUT2D eigenvalue weighted by molar-refractivity contribution is 5.89. The third-order valence-electron chi connectivity index (χ3n) is 3.65. The number of nitrogens with zero attached hydrogens (tertiary/aromatic N) is 1. The van der Waals surface area contributed by atoms with E-state index in [2.05, 4.69) is 10.3 Å². The number of benzene rings is 1. The summed E-state index contributed by atoms with van der Waals surface area (Å²) in [5, 5.41) is 28.6. The number of carboxylic acid groups (broad SMARTS) is 2. The first-order valence-corrected chi connectivity index (χ1v) is 10.2. The fraction of sp³-hybridized carbons (Fsp3) is 0.348. The van der Waals surface area contributed by atoms with Crippen LogP contribution in [-0.2, 0) is 9.59 Å². The molecule has 2 rings (SSSR count). The lowest BCUT2D eigenvalue weighted by atomic mass is 10.3. The molecule has 4 N–H and O–H groups in total. The molecule has 0 spiro atoms. The maximum atomic E-state index is 9.82. The van der Waals surface area contributed by atoms with Crippen LogP contribution < -0.4 is 19.5 Å². The molecule has 0 saturated heterocycles. The van der Waals surface area contributed by atoms with Gasteiger partial charge < -0.3 is 34.8 Å². The largest absolute Gasteiger partial charge is 0.491 e. The predicted molar refractivity (Wildman–Crippen MR) is 121 cm³/mol. The van der Waals surface area contributed by atoms with Crippen molar-refractivity contribution in [2.75, 3.05) is 26.4 Å². The van der Waals surface area contributed by atoms with Gasteiger partial charge in [-0.1, -0.05) is 13.8 Å². The van der Waals surface area contributed by atoms with E-state index in [0.717, 1.165) is 11.5 Å². The van der Waals surface area contributed by atoms with Gasteiger partial charge in [-0.2, -0.15) is 0 Å². The summed E-state index contributed by atoms with van der Waals surface area (Å²) in [6, 6.07) is 11.3. The van der Waals surface area contributed by atoms with Crippen molar-refractivity contribution in [1.29, 1.82) is 0 Å². The Morgan fingerprint density at radius 1 is 0.939 bits per heavy atom. The Balaban J connectivity index is 0.000000582. The van der Waals surface area contributed by atoms with Crippen LogP contribution in [-0.4, -0.2) is 70.8 Å². The molecule has 0 bridgehead atoms. The molecule has 0 radical (unpaired) electrons. The van der Waals surface area contributed by atoms with Crippen molar-refractivity contribution in [1.82, 2.24) is 10.3 Å². The second-order valence-corrected chi connectivity index (χ2v) is 6.89. The fourth-order valence-electron chi connectivity index (χ4n) is 2.15. The molecular formula is C23H30N2O8. The van der Waals surface area contributed by atoms with Crippen LogP contribution in [0.2, 0.25) is 0 Å². The number of hydrogen-bond donors (Lipinski definition) is 4. The summed E-state index contributed by atoms with van der Waals surface area (Å²) in [6.45, 7) is 5.71. The molecule has 1 atom stereocenters. The van der Waals surface area contributed by atoms with Gasteiger partial charge in [0.15, 0.2) is 0 Å². The molecule has 1 heterocycles. The molecule has 0 aliphatic carbocycles. The van der Waals surface area contributed by atoms with Crippen LogP contribution in [0.4, 0.5) is 0 Å². The molecule has 0 saturated carbocycles. The zero-order valence-corrected chi connectivity index (χ0v) is 18.6. The third kappa shape index (κ3) is 14.9. The van der Waals surface area contributed by atoms with E-state index in [9.17, 15) is 14.7 Å². The molecule has 1 aromatic carbocycles. The van der Waals surface area contributed by atoms with E-state index in [1.54, 1.807) is 12.4 Å². The number of nitrogens with one attached hydrogen (secondary N) is 1. The Bertz CT molecular complexity index is 825. The van der Waals surface area contributed by atoms with Crippen molar-refractivity contribution < 1.29 is 39.1 Å². The van der Waals surface area contributed by atoms with Gasteiger partial charge in [0.25, 0.3) is 0 Å². The summed E-state index contributed by atoms with van der Waals surface area (Å²) in [7, 11) is 0. The first-order chi connectivity index (χ1) is 15.8. The zero-order valence-electron chi connectivity index (χ0n) is 18.6. The van der Waals surface area contributed by atoms with Gasteiger partial charge in [-0.3, -0.25) is 4.98 Å². The van der Waals surface area contributed by atoms with Gasteiger partial charge in [-0.25, -0.2) is 9.59 Å². The quantitative estimate of drug-likeness (QED) is 0.257. The number of aliphatic hydroxyl groups is 1. The van der Waals surface area contributed by atoms with Crippen LogP contribution in [0.5, 0.6) is 17.2 Å². The van der Waals surface area contributed by atoms with E-state index >= 15 is 0 Å². The Kier molecular flexibility index (Phi) is 13.3. The third-order valence-corrected chi connectivity index (χ3v) is 3.65. The van der Waals surface area contributed by atoms with Crippen LogP contribution in [0, 0.1) is 0 Å². The lowest BCUT2D eigenvalue weighted by Crippen LogP contribution is -2.35. The summed E-state index contributed by atoms with van der Waals surface area (Å²) < 4.78 is 16.7. The minimum Gasteiger partial charge on any atom is -0.491 e. The van der Waals surface area contributed by atoms with Gasteiger partial charge in [-0.05, 0) is 36.4 Å². The van der Waals surface area contributed by atoms with E-state index in [-0.39, 0.29) is 6.61 Å². The monoisotopic (exact) mass is 462 g/mol. The van der Waals surface area contributed by atoms with Crippen molar-refractivity contribution >= 4 is 11.9 Å². The number of aliphatic carboxylic acids is 2. The Labute approximate surface area is 192 Å². The van der Waals surface area contributed by atoms with Crippen molar-refractivity contribution in [2.24, 2.45) is 0 Å². The Morgan fingerprint density at radius 3 is 1.97 bits per heavy atom. The van der Waals surface area contributed by atoms with Crippen LogP contribution in [0.1, 0.15) is 13.8 Å². The molecule has 10 heteroatoms. The van der Waals surface area contributed by atoms with Gasteiger partial charge in [0, 0.05) is 30.9 Å². The molecule has 10 nitrogen and oxygen atoms in total. The predicted octanol–water partition coefficient (Wildman–Crippen LogP) is 1.99. The number of pyridine rings is 1. The standard InChI is InChI=1S/C19H26N2O4.C4H4O4/c1-15(2)21-12-16(22)14-25-18-7-5-17(6-8-18)23-10-11-24-19-4-3-9-20-13-19;5-3(6)1-2-4(7)8/h3-9,13,15-16,21-22H,10-12,14H2,1-2H3;1-2H,(H,5,6)(H,7,8)/b;2-1-. The van der Waals surface area contributed by atoms with E-state index < -0.39 is 18.0 Å². The summed E-state index contributed by atoms with van der Waals surface area (Å²) >= 11 is 0. The second kappa shape index (κ2) is 16.1. The van der Waals surface area contributed by atoms with Crippen LogP contribution in [0.25, 0.3) is 0 Å². The summed E-state index contributed by atoms with van der Waals surface area (Å²) in [4.78, 5) is 23.1. The summed E-state index contributed by atoms with van der Waals surface area (Å²) in [6.07, 6.45) is 3.94. The maximum absolute atomic E-state index is 9.82. The minimum absolute atomic E-state index is 0.249. The molecular weight excluding hydrogens is 432 g/mol. The van der Waals surface area contributed by atoms with Crippen LogP contribution in [0.3, 0.4) is 0 Å². The van der Waals surface area contributed by atoms with Gasteiger partial charge in [0.05, 0.1) is 6.20 Å². The van der Waals surface area contributed by atoms with Gasteiger partial charge in [0.2, 0.25) is 0 Å². The highest BCUT2D eigenvalue weighted by Gasteiger charge is 2.06. The lowest BCUT2D eigenvalue weighted by molar-refractivity contribution is -0.134. The number of rotatable bonds is 13. The highest BCUT2D eigenvalue weighted by Crippen LogP contribution is 2.17. The topological polar surface area (TPSA) is 147 Å². The van der Waals surface area contributed by atoms with Gasteiger partial charge in [-0.15, -0.1) is 0 Å². The van der Waals surface area contributed by atoms with Crippen molar-refractivity contribution in [3.05, 3.63) is 60.9 Å². The first kappa shape index (κ1) is 27.4. The second-order valence-electron chi connectivity index (χ2n) is 6.89. The molecule has 0 fully saturated rings. The first-order valence-electron chi connectivity index (χ1n) is 10.2. The van der Waals surface area contributed by atoms with Crippen molar-refractivity contribution in [3.63, 3.8) is 0 Å². The molecule has 0 aliphatic heterocycles. The summed E-state index contributed by atoms with van der Waals surface area (Å²) in [5.74, 6) is -0.355. The minimum atomic E-state index is -1.26. The number of aromatic nitrogens is 1. The highest BCUT2D eigenvalue weighted by atomic mass is 16.5. The zero-order chi connectivity index (χ0) is 24.5. The molecule has 1 unspecified atom stereocenters. The average molecular weight is 462 g/mol. The van der Waals surface area contributed by atoms with Crippen molar-refractivity contribution in [3.8, 4) is 17.2 Å².